The molecule has 0 aliphatic carbocycles. The molecule has 0 unspecified atom stereocenters. The van der Waals surface area contributed by atoms with Gasteiger partial charge in [-0.05, 0) is 42.4 Å². The van der Waals surface area contributed by atoms with Crippen LogP contribution in [0.4, 0.5) is 4.79 Å². The number of piperazine rings is 1. The summed E-state index contributed by atoms with van der Waals surface area (Å²) in [5, 5.41) is 6.17. The number of rotatable bonds is 10. The SMILES string of the molecule is C#CCN1CC(=O)N2[C@@H](CCSC)C(=O)N(CCCc3ccccc3)C[C@@H]2N1C(=O)NCc1ccccc1. The van der Waals surface area contributed by atoms with Crippen LogP contribution in [0, 0.1) is 12.3 Å². The number of hydrogen-bond acceptors (Lipinski definition) is 5. The molecular weight excluding hydrogens is 498 g/mol. The molecule has 9 heteroatoms. The number of thioether (sulfide) groups is 1. The Morgan fingerprint density at radius 2 is 1.76 bits per heavy atom. The van der Waals surface area contributed by atoms with Crippen molar-refractivity contribution >= 4 is 29.6 Å². The summed E-state index contributed by atoms with van der Waals surface area (Å²) in [5.41, 5.74) is 2.18. The van der Waals surface area contributed by atoms with Crippen LogP contribution >= 0.6 is 11.8 Å². The first kappa shape index (κ1) is 27.6. The number of nitrogens with zero attached hydrogens (tertiary/aromatic N) is 4. The molecule has 200 valence electrons. The summed E-state index contributed by atoms with van der Waals surface area (Å²) < 4.78 is 0. The first-order valence-electron chi connectivity index (χ1n) is 13.0. The number of carbonyl (C=O) groups is 3. The largest absolute Gasteiger partial charge is 0.337 e. The van der Waals surface area contributed by atoms with Gasteiger partial charge in [0.1, 0.15) is 12.2 Å². The number of aryl methyl sites for hydroxylation is 1. The quantitative estimate of drug-likeness (QED) is 0.476. The number of benzene rings is 2. The second-order valence-electron chi connectivity index (χ2n) is 9.47. The van der Waals surface area contributed by atoms with Crippen LogP contribution in [-0.4, -0.2) is 88.1 Å². The van der Waals surface area contributed by atoms with Crippen molar-refractivity contribution < 1.29 is 14.4 Å². The van der Waals surface area contributed by atoms with Crippen molar-refractivity contribution in [2.75, 3.05) is 38.2 Å². The minimum atomic E-state index is -0.623. The number of fused-ring (bicyclic) bond motifs is 1. The molecular formula is C29H35N5O3S. The summed E-state index contributed by atoms with van der Waals surface area (Å²) in [7, 11) is 0. The fraction of sp³-hybridized carbons (Fsp3) is 0.414. The van der Waals surface area contributed by atoms with E-state index in [-0.39, 0.29) is 37.5 Å². The molecule has 2 heterocycles. The number of nitrogens with one attached hydrogen (secondary N) is 1. The molecule has 2 saturated heterocycles. The minimum absolute atomic E-state index is 0.0451. The molecule has 2 aliphatic heterocycles. The van der Waals surface area contributed by atoms with Crippen molar-refractivity contribution in [2.24, 2.45) is 0 Å². The molecule has 2 aliphatic rings. The van der Waals surface area contributed by atoms with Crippen LogP contribution in [0.2, 0.25) is 0 Å². The van der Waals surface area contributed by atoms with Gasteiger partial charge in [0.2, 0.25) is 11.8 Å². The molecule has 2 aromatic carbocycles. The lowest BCUT2D eigenvalue weighted by atomic mass is 10.0. The van der Waals surface area contributed by atoms with Gasteiger partial charge in [-0.1, -0.05) is 66.6 Å². The highest BCUT2D eigenvalue weighted by atomic mass is 32.2. The molecule has 0 saturated carbocycles. The Kier molecular flexibility index (Phi) is 9.68. The van der Waals surface area contributed by atoms with Crippen molar-refractivity contribution in [3.8, 4) is 12.3 Å². The van der Waals surface area contributed by atoms with E-state index in [1.165, 1.54) is 5.56 Å². The van der Waals surface area contributed by atoms with E-state index in [1.807, 2.05) is 59.7 Å². The van der Waals surface area contributed by atoms with Gasteiger partial charge < -0.3 is 15.1 Å². The topological polar surface area (TPSA) is 76.2 Å². The Morgan fingerprint density at radius 1 is 1.08 bits per heavy atom. The highest BCUT2D eigenvalue weighted by Crippen LogP contribution is 2.28. The average molecular weight is 534 g/mol. The number of urea groups is 1. The zero-order chi connectivity index (χ0) is 26.9. The fourth-order valence-corrected chi connectivity index (χ4v) is 5.58. The Hall–Kier alpha value is -3.48. The maximum atomic E-state index is 13.6. The van der Waals surface area contributed by atoms with Crippen LogP contribution in [0.3, 0.4) is 0 Å². The molecule has 0 radical (unpaired) electrons. The van der Waals surface area contributed by atoms with E-state index in [9.17, 15) is 14.4 Å². The van der Waals surface area contributed by atoms with Crippen molar-refractivity contribution in [1.29, 1.82) is 0 Å². The third-order valence-electron chi connectivity index (χ3n) is 6.93. The van der Waals surface area contributed by atoms with Crippen molar-refractivity contribution in [1.82, 2.24) is 25.1 Å². The van der Waals surface area contributed by atoms with Crippen LogP contribution in [0.1, 0.15) is 24.0 Å². The number of amides is 4. The van der Waals surface area contributed by atoms with Gasteiger partial charge in [-0.15, -0.1) is 6.42 Å². The zero-order valence-corrected chi connectivity index (χ0v) is 22.6. The van der Waals surface area contributed by atoms with Crippen LogP contribution in [0.25, 0.3) is 0 Å². The monoisotopic (exact) mass is 533 g/mol. The number of hydrazine groups is 1. The molecule has 2 atom stereocenters. The van der Waals surface area contributed by atoms with Crippen LogP contribution < -0.4 is 5.32 Å². The number of carbonyl (C=O) groups excluding carboxylic acids is 3. The first-order valence-corrected chi connectivity index (χ1v) is 14.3. The molecule has 0 aromatic heterocycles. The second-order valence-corrected chi connectivity index (χ2v) is 10.5. The molecule has 4 amide bonds. The summed E-state index contributed by atoms with van der Waals surface area (Å²) >= 11 is 1.64. The summed E-state index contributed by atoms with van der Waals surface area (Å²) in [6.07, 6.45) is 9.15. The lowest BCUT2D eigenvalue weighted by molar-refractivity contribution is -0.188. The molecule has 0 bridgehead atoms. The molecule has 8 nitrogen and oxygen atoms in total. The van der Waals surface area contributed by atoms with Gasteiger partial charge >= 0.3 is 6.03 Å². The maximum absolute atomic E-state index is 13.6. The molecule has 38 heavy (non-hydrogen) atoms. The summed E-state index contributed by atoms with van der Waals surface area (Å²) in [5.74, 6) is 3.09. The predicted molar refractivity (Wildman–Crippen MR) is 150 cm³/mol. The van der Waals surface area contributed by atoms with E-state index < -0.39 is 12.2 Å². The number of terminal acetylenes is 1. The molecule has 1 N–H and O–H groups in total. The van der Waals surface area contributed by atoms with Gasteiger partial charge in [0.15, 0.2) is 0 Å². The van der Waals surface area contributed by atoms with Gasteiger partial charge in [0, 0.05) is 13.1 Å². The van der Waals surface area contributed by atoms with Gasteiger partial charge in [-0.2, -0.15) is 16.8 Å². The van der Waals surface area contributed by atoms with E-state index in [0.717, 1.165) is 24.2 Å². The van der Waals surface area contributed by atoms with Gasteiger partial charge in [-0.3, -0.25) is 9.59 Å². The molecule has 2 fully saturated rings. The summed E-state index contributed by atoms with van der Waals surface area (Å²) in [4.78, 5) is 44.0. The highest BCUT2D eigenvalue weighted by Gasteiger charge is 2.50. The Morgan fingerprint density at radius 3 is 2.42 bits per heavy atom. The third-order valence-corrected chi connectivity index (χ3v) is 7.57. The van der Waals surface area contributed by atoms with E-state index in [0.29, 0.717) is 19.5 Å². The van der Waals surface area contributed by atoms with Crippen molar-refractivity contribution in [3.63, 3.8) is 0 Å². The predicted octanol–water partition coefficient (Wildman–Crippen LogP) is 2.81. The van der Waals surface area contributed by atoms with Crippen molar-refractivity contribution in [2.45, 2.75) is 38.0 Å². The third kappa shape index (κ3) is 6.50. The number of hydrogen-bond donors (Lipinski definition) is 1. The van der Waals surface area contributed by atoms with E-state index in [4.69, 9.17) is 6.42 Å². The smallest absolute Gasteiger partial charge is 0.334 e. The molecule has 2 aromatic rings. The lowest BCUT2D eigenvalue weighted by Crippen LogP contribution is -2.76. The Labute approximate surface area is 229 Å². The Bertz CT molecular complexity index is 1140. The second kappa shape index (κ2) is 13.4. The van der Waals surface area contributed by atoms with Crippen LogP contribution in [0.5, 0.6) is 0 Å². The normalized spacial score (nSPS) is 19.7. The van der Waals surface area contributed by atoms with Crippen LogP contribution in [-0.2, 0) is 22.6 Å². The lowest BCUT2D eigenvalue weighted by Gasteiger charge is -2.55. The van der Waals surface area contributed by atoms with E-state index in [2.05, 4.69) is 23.4 Å². The van der Waals surface area contributed by atoms with E-state index in [1.54, 1.807) is 26.7 Å². The van der Waals surface area contributed by atoms with E-state index >= 15 is 0 Å². The minimum Gasteiger partial charge on any atom is -0.337 e. The fourth-order valence-electron chi connectivity index (χ4n) is 5.12. The average Bonchev–Trinajstić information content (AvgIpc) is 2.93. The van der Waals surface area contributed by atoms with Gasteiger partial charge in [0.05, 0.1) is 19.6 Å². The highest BCUT2D eigenvalue weighted by molar-refractivity contribution is 7.98. The van der Waals surface area contributed by atoms with Gasteiger partial charge in [-0.25, -0.2) is 9.80 Å². The molecule has 4 rings (SSSR count). The van der Waals surface area contributed by atoms with Crippen LogP contribution in [0.15, 0.2) is 60.7 Å². The van der Waals surface area contributed by atoms with Gasteiger partial charge in [0.25, 0.3) is 0 Å². The maximum Gasteiger partial charge on any atom is 0.334 e. The standard InChI is InChI=1S/C29H35N5O3S/c1-3-17-32-22-27(35)33-25(16-19-38-2)28(36)31(18-10-15-23-11-6-4-7-12-23)21-26(33)34(32)29(37)30-20-24-13-8-5-9-14-24/h1,4-9,11-14,25-26H,10,15-22H2,2H3,(H,30,37)/t25-,26-/m0/s1. The van der Waals surface area contributed by atoms with Crippen molar-refractivity contribution in [3.05, 3.63) is 71.8 Å². The summed E-state index contributed by atoms with van der Waals surface area (Å²) in [6.45, 7) is 1.21. The Balaban J connectivity index is 1.56. The summed E-state index contributed by atoms with van der Waals surface area (Å²) in [6, 6.07) is 18.9. The zero-order valence-electron chi connectivity index (χ0n) is 21.8. The first-order chi connectivity index (χ1) is 18.5. The molecule has 0 spiro atoms.